The van der Waals surface area contributed by atoms with Crippen molar-refractivity contribution in [3.05, 3.63) is 0 Å². The average molecular weight is 255 g/mol. The normalized spacial score (nSPS) is 22.7. The Morgan fingerprint density at radius 3 is 2.89 bits per heavy atom. The van der Waals surface area contributed by atoms with Gasteiger partial charge in [-0.25, -0.2) is 0 Å². The van der Waals surface area contributed by atoms with Crippen molar-refractivity contribution in [3.63, 3.8) is 0 Å². The average Bonchev–Trinajstić information content (AvgIpc) is 2.42. The van der Waals surface area contributed by atoms with Crippen LogP contribution < -0.4 is 11.1 Å². The van der Waals surface area contributed by atoms with Gasteiger partial charge in [-0.15, -0.1) is 0 Å². The van der Waals surface area contributed by atoms with Crippen LogP contribution in [0, 0.1) is 0 Å². The molecule has 1 rings (SSSR count). The molecule has 4 nitrogen and oxygen atoms in total. The number of amides is 1. The van der Waals surface area contributed by atoms with Crippen LogP contribution in [-0.4, -0.2) is 42.5 Å². The number of hydrogen-bond acceptors (Lipinski definition) is 3. The van der Waals surface area contributed by atoms with Gasteiger partial charge in [0.15, 0.2) is 0 Å². The number of likely N-dealkylation sites (tertiary alicyclic amines) is 1. The SMILES string of the molecule is CCCCCNC(=O)C(C)N1CCCCC1CN. The fourth-order valence-electron chi connectivity index (χ4n) is 2.67. The summed E-state index contributed by atoms with van der Waals surface area (Å²) in [4.78, 5) is 14.3. The van der Waals surface area contributed by atoms with Crippen LogP contribution in [-0.2, 0) is 4.79 Å². The van der Waals surface area contributed by atoms with Crippen LogP contribution in [0.4, 0.5) is 0 Å². The molecule has 0 aromatic heterocycles. The Morgan fingerprint density at radius 2 is 2.22 bits per heavy atom. The second-order valence-electron chi connectivity index (χ2n) is 5.30. The van der Waals surface area contributed by atoms with Crippen LogP contribution >= 0.6 is 0 Å². The van der Waals surface area contributed by atoms with Gasteiger partial charge >= 0.3 is 0 Å². The number of unbranched alkanes of at least 4 members (excludes halogenated alkanes) is 2. The lowest BCUT2D eigenvalue weighted by atomic mass is 10.00. The van der Waals surface area contributed by atoms with Gasteiger partial charge in [-0.2, -0.15) is 0 Å². The highest BCUT2D eigenvalue weighted by Gasteiger charge is 2.28. The third kappa shape index (κ3) is 4.58. The van der Waals surface area contributed by atoms with Gasteiger partial charge in [-0.1, -0.05) is 26.2 Å². The molecule has 3 N–H and O–H groups in total. The molecule has 4 heteroatoms. The van der Waals surface area contributed by atoms with Crippen molar-refractivity contribution in [2.24, 2.45) is 5.73 Å². The fraction of sp³-hybridized carbons (Fsp3) is 0.929. The largest absolute Gasteiger partial charge is 0.355 e. The van der Waals surface area contributed by atoms with Gasteiger partial charge in [-0.3, -0.25) is 9.69 Å². The second kappa shape index (κ2) is 8.48. The molecule has 0 saturated carbocycles. The maximum Gasteiger partial charge on any atom is 0.237 e. The number of rotatable bonds is 7. The Kier molecular flexibility index (Phi) is 7.28. The first-order valence-corrected chi connectivity index (χ1v) is 7.44. The molecule has 0 radical (unpaired) electrons. The molecule has 1 heterocycles. The van der Waals surface area contributed by atoms with E-state index in [1.807, 2.05) is 6.92 Å². The van der Waals surface area contributed by atoms with Crippen LogP contribution in [0.3, 0.4) is 0 Å². The molecule has 0 spiro atoms. The Hall–Kier alpha value is -0.610. The van der Waals surface area contributed by atoms with Crippen molar-refractivity contribution < 1.29 is 4.79 Å². The third-order valence-electron chi connectivity index (χ3n) is 3.90. The zero-order valence-electron chi connectivity index (χ0n) is 12.0. The van der Waals surface area contributed by atoms with E-state index in [0.29, 0.717) is 12.6 Å². The van der Waals surface area contributed by atoms with Crippen molar-refractivity contribution in [1.29, 1.82) is 0 Å². The van der Waals surface area contributed by atoms with E-state index in [9.17, 15) is 4.79 Å². The molecule has 0 aliphatic carbocycles. The Morgan fingerprint density at radius 1 is 1.44 bits per heavy atom. The minimum Gasteiger partial charge on any atom is -0.355 e. The molecule has 1 aliphatic heterocycles. The summed E-state index contributed by atoms with van der Waals surface area (Å²) in [7, 11) is 0. The molecule has 0 aromatic carbocycles. The molecular formula is C14H29N3O. The van der Waals surface area contributed by atoms with Crippen LogP contribution in [0.2, 0.25) is 0 Å². The first kappa shape index (κ1) is 15.4. The topological polar surface area (TPSA) is 58.4 Å². The molecule has 18 heavy (non-hydrogen) atoms. The summed E-state index contributed by atoms with van der Waals surface area (Å²) in [6.45, 7) is 6.64. The number of nitrogens with zero attached hydrogens (tertiary/aromatic N) is 1. The maximum atomic E-state index is 12.1. The lowest BCUT2D eigenvalue weighted by molar-refractivity contribution is -0.127. The van der Waals surface area contributed by atoms with Crippen molar-refractivity contribution in [1.82, 2.24) is 10.2 Å². The number of piperidine rings is 1. The second-order valence-corrected chi connectivity index (χ2v) is 5.30. The summed E-state index contributed by atoms with van der Waals surface area (Å²) >= 11 is 0. The standard InChI is InChI=1S/C14H29N3O/c1-3-4-6-9-16-14(18)12(2)17-10-7-5-8-13(17)11-15/h12-13H,3-11,15H2,1-2H3,(H,16,18). The quantitative estimate of drug-likeness (QED) is 0.678. The molecule has 0 aromatic rings. The predicted octanol–water partition coefficient (Wildman–Crippen LogP) is 1.49. The summed E-state index contributed by atoms with van der Waals surface area (Å²) in [5.41, 5.74) is 5.80. The summed E-state index contributed by atoms with van der Waals surface area (Å²) in [6.07, 6.45) is 7.00. The number of hydrogen-bond donors (Lipinski definition) is 2. The van der Waals surface area contributed by atoms with Gasteiger partial charge in [0, 0.05) is 19.1 Å². The fourth-order valence-corrected chi connectivity index (χ4v) is 2.67. The molecule has 2 unspecified atom stereocenters. The highest BCUT2D eigenvalue weighted by molar-refractivity contribution is 5.81. The van der Waals surface area contributed by atoms with Gasteiger partial charge in [0.1, 0.15) is 0 Å². The third-order valence-corrected chi connectivity index (χ3v) is 3.90. The Balaban J connectivity index is 2.36. The van der Waals surface area contributed by atoms with Crippen molar-refractivity contribution in [2.45, 2.75) is 64.5 Å². The summed E-state index contributed by atoms with van der Waals surface area (Å²) in [5, 5.41) is 3.04. The molecular weight excluding hydrogens is 226 g/mol. The number of carbonyl (C=O) groups excluding carboxylic acids is 1. The van der Waals surface area contributed by atoms with E-state index >= 15 is 0 Å². The Labute approximate surface area is 111 Å². The van der Waals surface area contributed by atoms with E-state index in [4.69, 9.17) is 5.73 Å². The molecule has 1 saturated heterocycles. The molecule has 1 aliphatic rings. The number of carbonyl (C=O) groups is 1. The zero-order chi connectivity index (χ0) is 13.4. The molecule has 0 bridgehead atoms. The smallest absolute Gasteiger partial charge is 0.237 e. The van der Waals surface area contributed by atoms with E-state index in [1.165, 1.54) is 25.7 Å². The lowest BCUT2D eigenvalue weighted by Crippen LogP contribution is -2.54. The lowest BCUT2D eigenvalue weighted by Gasteiger charge is -2.38. The summed E-state index contributed by atoms with van der Waals surface area (Å²) in [6, 6.07) is 0.343. The van der Waals surface area contributed by atoms with E-state index in [2.05, 4.69) is 17.1 Å². The van der Waals surface area contributed by atoms with Gasteiger partial charge in [0.2, 0.25) is 5.91 Å². The number of nitrogens with two attached hydrogens (primary N) is 1. The van der Waals surface area contributed by atoms with E-state index in [1.54, 1.807) is 0 Å². The van der Waals surface area contributed by atoms with E-state index in [0.717, 1.165) is 25.9 Å². The van der Waals surface area contributed by atoms with Crippen LogP contribution in [0.1, 0.15) is 52.4 Å². The van der Waals surface area contributed by atoms with Gasteiger partial charge in [-0.05, 0) is 32.7 Å². The minimum atomic E-state index is -0.0412. The first-order chi connectivity index (χ1) is 8.70. The molecule has 106 valence electrons. The van der Waals surface area contributed by atoms with Crippen LogP contribution in [0.5, 0.6) is 0 Å². The van der Waals surface area contributed by atoms with Crippen molar-refractivity contribution >= 4 is 5.91 Å². The summed E-state index contributed by atoms with van der Waals surface area (Å²) in [5.74, 6) is 0.159. The van der Waals surface area contributed by atoms with Crippen LogP contribution in [0.15, 0.2) is 0 Å². The van der Waals surface area contributed by atoms with Crippen molar-refractivity contribution in [2.75, 3.05) is 19.6 Å². The van der Waals surface area contributed by atoms with Crippen molar-refractivity contribution in [3.8, 4) is 0 Å². The van der Waals surface area contributed by atoms with Crippen LogP contribution in [0.25, 0.3) is 0 Å². The molecule has 1 amide bonds. The Bertz CT molecular complexity index is 245. The zero-order valence-corrected chi connectivity index (χ0v) is 12.0. The van der Waals surface area contributed by atoms with Gasteiger partial charge in [0.05, 0.1) is 6.04 Å². The van der Waals surface area contributed by atoms with E-state index < -0.39 is 0 Å². The highest BCUT2D eigenvalue weighted by Crippen LogP contribution is 2.18. The first-order valence-electron chi connectivity index (χ1n) is 7.44. The maximum absolute atomic E-state index is 12.1. The van der Waals surface area contributed by atoms with Gasteiger partial charge in [0.25, 0.3) is 0 Å². The van der Waals surface area contributed by atoms with Gasteiger partial charge < -0.3 is 11.1 Å². The number of nitrogens with one attached hydrogen (secondary N) is 1. The van der Waals surface area contributed by atoms with E-state index in [-0.39, 0.29) is 11.9 Å². The monoisotopic (exact) mass is 255 g/mol. The molecule has 2 atom stereocenters. The highest BCUT2D eigenvalue weighted by atomic mass is 16.2. The minimum absolute atomic E-state index is 0.0412. The summed E-state index contributed by atoms with van der Waals surface area (Å²) < 4.78 is 0. The molecule has 1 fully saturated rings. The predicted molar refractivity (Wildman–Crippen MR) is 75.4 cm³/mol.